The monoisotopic (exact) mass is 232 g/mol. The van der Waals surface area contributed by atoms with Gasteiger partial charge in [-0.1, -0.05) is 33.8 Å². The fourth-order valence-electron chi connectivity index (χ4n) is 3.10. The van der Waals surface area contributed by atoms with Gasteiger partial charge in [0, 0.05) is 0 Å². The predicted octanol–water partition coefficient (Wildman–Crippen LogP) is 5.02. The molecule has 0 aliphatic heterocycles. The Morgan fingerprint density at radius 1 is 0.706 bits per heavy atom. The highest BCUT2D eigenvalue weighted by molar-refractivity contribution is 5.49. The summed E-state index contributed by atoms with van der Waals surface area (Å²) in [5, 5.41) is 0. The van der Waals surface area contributed by atoms with E-state index in [1.807, 2.05) is 27.7 Å². The van der Waals surface area contributed by atoms with Gasteiger partial charge in [-0.05, 0) is 73.3 Å². The quantitative estimate of drug-likeness (QED) is 0.589. The molecular formula is C17H28. The maximum absolute atomic E-state index is 2.50. The van der Waals surface area contributed by atoms with Gasteiger partial charge in [0.2, 0.25) is 0 Å². The normalized spacial score (nSPS) is 15.1. The van der Waals surface area contributed by atoms with Crippen LogP contribution in [0.1, 0.15) is 68.4 Å². The number of benzene rings is 1. The summed E-state index contributed by atoms with van der Waals surface area (Å²) in [6.07, 6.45) is 8.13. The summed E-state index contributed by atoms with van der Waals surface area (Å²) in [4.78, 5) is 0. The van der Waals surface area contributed by atoms with Crippen LogP contribution >= 0.6 is 0 Å². The maximum Gasteiger partial charge on any atom is -0.0270 e. The molecule has 96 valence electrons. The Labute approximate surface area is 107 Å². The van der Waals surface area contributed by atoms with Gasteiger partial charge >= 0.3 is 0 Å². The second-order valence-corrected chi connectivity index (χ2v) is 4.48. The lowest BCUT2D eigenvalue weighted by Crippen LogP contribution is -1.95. The van der Waals surface area contributed by atoms with Crippen molar-refractivity contribution in [1.82, 2.24) is 0 Å². The second-order valence-electron chi connectivity index (χ2n) is 4.48. The van der Waals surface area contributed by atoms with Gasteiger partial charge in [0.15, 0.2) is 0 Å². The molecule has 0 heteroatoms. The topological polar surface area (TPSA) is 0 Å². The van der Waals surface area contributed by atoms with E-state index >= 15 is 0 Å². The first-order valence-electron chi connectivity index (χ1n) is 7.49. The third-order valence-corrected chi connectivity index (χ3v) is 3.77. The number of rotatable bonds is 0. The van der Waals surface area contributed by atoms with Crippen LogP contribution in [0.3, 0.4) is 0 Å². The Morgan fingerprint density at radius 2 is 1.12 bits per heavy atom. The number of hydrogen-bond donors (Lipinski definition) is 0. The van der Waals surface area contributed by atoms with Gasteiger partial charge in [-0.25, -0.2) is 0 Å². The van der Waals surface area contributed by atoms with E-state index in [1.54, 1.807) is 27.8 Å². The second kappa shape index (κ2) is 6.83. The molecule has 0 saturated heterocycles. The molecule has 0 saturated carbocycles. The first kappa shape index (κ1) is 14.3. The summed E-state index contributed by atoms with van der Waals surface area (Å²) in [6.45, 7) is 10.3. The largest absolute Gasteiger partial charge is 0.0683 e. The van der Waals surface area contributed by atoms with Crippen LogP contribution in [0, 0.1) is 6.92 Å². The fourth-order valence-corrected chi connectivity index (χ4v) is 3.10. The van der Waals surface area contributed by atoms with Crippen LogP contribution in [0.15, 0.2) is 6.07 Å². The molecule has 2 aliphatic carbocycles. The van der Waals surface area contributed by atoms with Gasteiger partial charge in [-0.15, -0.1) is 0 Å². The highest BCUT2D eigenvalue weighted by Crippen LogP contribution is 2.34. The molecule has 0 heterocycles. The minimum absolute atomic E-state index is 1.34. The molecule has 17 heavy (non-hydrogen) atoms. The zero-order chi connectivity index (χ0) is 12.8. The van der Waals surface area contributed by atoms with E-state index in [-0.39, 0.29) is 0 Å². The van der Waals surface area contributed by atoms with E-state index in [0.29, 0.717) is 0 Å². The summed E-state index contributed by atoms with van der Waals surface area (Å²) < 4.78 is 0. The highest BCUT2D eigenvalue weighted by Gasteiger charge is 2.21. The summed E-state index contributed by atoms with van der Waals surface area (Å²) in [5.41, 5.74) is 8.36. The zero-order valence-corrected chi connectivity index (χ0v) is 12.3. The van der Waals surface area contributed by atoms with Gasteiger partial charge in [-0.3, -0.25) is 0 Å². The Kier molecular flexibility index (Phi) is 5.74. The SMILES string of the molecule is CC.CC.Cc1c2c(cc3c1CCC3)CCC2. The molecule has 1 aromatic carbocycles. The van der Waals surface area contributed by atoms with Gasteiger partial charge in [-0.2, -0.15) is 0 Å². The van der Waals surface area contributed by atoms with E-state index in [4.69, 9.17) is 0 Å². The zero-order valence-electron chi connectivity index (χ0n) is 12.3. The van der Waals surface area contributed by atoms with Gasteiger partial charge in [0.25, 0.3) is 0 Å². The lowest BCUT2D eigenvalue weighted by Gasteiger charge is -2.10. The van der Waals surface area contributed by atoms with E-state index in [1.165, 1.54) is 38.5 Å². The Bertz CT molecular complexity index is 329. The van der Waals surface area contributed by atoms with Crippen LogP contribution in [-0.2, 0) is 25.7 Å². The van der Waals surface area contributed by atoms with Crippen LogP contribution < -0.4 is 0 Å². The average Bonchev–Trinajstić information content (AvgIpc) is 3.03. The molecule has 3 rings (SSSR count). The van der Waals surface area contributed by atoms with Crippen molar-refractivity contribution in [3.63, 3.8) is 0 Å². The molecule has 0 amide bonds. The lowest BCUT2D eigenvalue weighted by atomic mass is 9.95. The van der Waals surface area contributed by atoms with Gasteiger partial charge in [0.1, 0.15) is 0 Å². The molecule has 0 unspecified atom stereocenters. The third-order valence-electron chi connectivity index (χ3n) is 3.77. The molecule has 0 N–H and O–H groups in total. The average molecular weight is 232 g/mol. The smallest absolute Gasteiger partial charge is 0.0270 e. The summed E-state index contributed by atoms with van der Waals surface area (Å²) >= 11 is 0. The molecular weight excluding hydrogens is 204 g/mol. The van der Waals surface area contributed by atoms with Crippen molar-refractivity contribution in [2.45, 2.75) is 73.1 Å². The molecule has 0 nitrogen and oxygen atoms in total. The van der Waals surface area contributed by atoms with Crippen molar-refractivity contribution >= 4 is 0 Å². The number of fused-ring (bicyclic) bond motifs is 2. The Morgan fingerprint density at radius 3 is 1.53 bits per heavy atom. The van der Waals surface area contributed by atoms with Crippen LogP contribution in [0.2, 0.25) is 0 Å². The van der Waals surface area contributed by atoms with E-state index in [9.17, 15) is 0 Å². The summed E-state index contributed by atoms with van der Waals surface area (Å²) in [7, 11) is 0. The minimum atomic E-state index is 1.34. The molecule has 0 aromatic heterocycles. The Hall–Kier alpha value is -0.780. The van der Waals surface area contributed by atoms with Gasteiger partial charge in [0.05, 0.1) is 0 Å². The molecule has 0 spiro atoms. The van der Waals surface area contributed by atoms with Crippen molar-refractivity contribution in [3.05, 3.63) is 33.9 Å². The molecule has 0 atom stereocenters. The maximum atomic E-state index is 2.50. The van der Waals surface area contributed by atoms with Gasteiger partial charge < -0.3 is 0 Å². The van der Waals surface area contributed by atoms with Crippen molar-refractivity contribution in [2.75, 3.05) is 0 Å². The van der Waals surface area contributed by atoms with Crippen molar-refractivity contribution < 1.29 is 0 Å². The molecule has 1 aromatic rings. The highest BCUT2D eigenvalue weighted by atomic mass is 14.3. The molecule has 0 fully saturated rings. The summed E-state index contributed by atoms with van der Waals surface area (Å²) in [6, 6.07) is 2.50. The molecule has 0 radical (unpaired) electrons. The molecule has 2 aliphatic rings. The van der Waals surface area contributed by atoms with Crippen molar-refractivity contribution in [3.8, 4) is 0 Å². The van der Waals surface area contributed by atoms with Crippen LogP contribution in [0.25, 0.3) is 0 Å². The summed E-state index contributed by atoms with van der Waals surface area (Å²) in [5.74, 6) is 0. The van der Waals surface area contributed by atoms with Crippen molar-refractivity contribution in [1.29, 1.82) is 0 Å². The fraction of sp³-hybridized carbons (Fsp3) is 0.647. The Balaban J connectivity index is 0.000000330. The third kappa shape index (κ3) is 2.73. The first-order chi connectivity index (χ1) is 8.36. The standard InChI is InChI=1S/C13H16.2C2H6/c1-9-12-6-2-4-10(12)8-11-5-3-7-13(9)11;2*1-2/h8H,2-7H2,1H3;2*1-2H3. The van der Waals surface area contributed by atoms with Crippen LogP contribution in [0.4, 0.5) is 0 Å². The number of hydrogen-bond acceptors (Lipinski definition) is 0. The van der Waals surface area contributed by atoms with Crippen LogP contribution in [0.5, 0.6) is 0 Å². The van der Waals surface area contributed by atoms with E-state index in [2.05, 4.69) is 13.0 Å². The van der Waals surface area contributed by atoms with Crippen LogP contribution in [-0.4, -0.2) is 0 Å². The van der Waals surface area contributed by atoms with Crippen molar-refractivity contribution in [2.24, 2.45) is 0 Å². The first-order valence-corrected chi connectivity index (χ1v) is 7.49. The minimum Gasteiger partial charge on any atom is -0.0683 e. The van der Waals surface area contributed by atoms with E-state index in [0.717, 1.165) is 0 Å². The molecule has 0 bridgehead atoms. The van der Waals surface area contributed by atoms with E-state index < -0.39 is 0 Å². The predicted molar refractivity (Wildman–Crippen MR) is 77.9 cm³/mol. The number of aryl methyl sites for hydroxylation is 2. The lowest BCUT2D eigenvalue weighted by molar-refractivity contribution is 0.893.